The number of nitrogens with one attached hydrogen (secondary N) is 2. The van der Waals surface area contributed by atoms with E-state index < -0.39 is 24.2 Å². The van der Waals surface area contributed by atoms with E-state index in [1.807, 2.05) is 4.90 Å². The Morgan fingerprint density at radius 1 is 1.09 bits per heavy atom. The first-order chi connectivity index (χ1) is 16.6. The molecule has 0 aromatic rings. The van der Waals surface area contributed by atoms with Crippen LogP contribution in [0.25, 0.3) is 0 Å². The molecule has 5 aliphatic rings. The van der Waals surface area contributed by atoms with Crippen LogP contribution in [0.2, 0.25) is 0 Å². The van der Waals surface area contributed by atoms with Gasteiger partial charge in [0, 0.05) is 50.7 Å². The van der Waals surface area contributed by atoms with Gasteiger partial charge in [0.2, 0.25) is 5.91 Å². The minimum absolute atomic E-state index is 0.0213. The summed E-state index contributed by atoms with van der Waals surface area (Å²) in [7, 11) is 0. The lowest BCUT2D eigenvalue weighted by Gasteiger charge is -2.48. The smallest absolute Gasteiger partial charge is 0.230 e. The number of piperidine rings is 2. The van der Waals surface area contributed by atoms with Gasteiger partial charge in [0.25, 0.3) is 0 Å². The number of hydrogen-bond donors (Lipinski definition) is 4. The first kappa shape index (κ1) is 24.9. The summed E-state index contributed by atoms with van der Waals surface area (Å²) in [5, 5.41) is 28.6. The normalized spacial score (nSPS) is 43.5. The average molecular weight is 480 g/mol. The number of carbonyl (C=O) groups excluding carboxylic acids is 1. The van der Waals surface area contributed by atoms with Crippen LogP contribution in [0.3, 0.4) is 0 Å². The zero-order chi connectivity index (χ0) is 23.5. The highest BCUT2D eigenvalue weighted by Gasteiger charge is 2.46. The number of aliphatic hydroxyl groups is 2. The summed E-state index contributed by atoms with van der Waals surface area (Å²) in [4.78, 5) is 15.8. The van der Waals surface area contributed by atoms with Crippen molar-refractivity contribution in [2.75, 3.05) is 39.5 Å². The third-order valence-corrected chi connectivity index (χ3v) is 9.15. The maximum Gasteiger partial charge on any atom is 0.230 e. The highest BCUT2D eigenvalue weighted by Crippen LogP contribution is 2.38. The van der Waals surface area contributed by atoms with Crippen LogP contribution in [0, 0.1) is 17.8 Å². The number of likely N-dealkylation sites (tertiary alicyclic amines) is 1. The fourth-order valence-corrected chi connectivity index (χ4v) is 7.23. The molecule has 8 nitrogen and oxygen atoms in total. The Kier molecular flexibility index (Phi) is 8.44. The number of nitrogens with zero attached hydrogens (tertiary/aromatic N) is 1. The van der Waals surface area contributed by atoms with Crippen molar-refractivity contribution in [1.29, 1.82) is 0 Å². The van der Waals surface area contributed by atoms with E-state index in [1.54, 1.807) is 0 Å². The molecule has 194 valence electrons. The van der Waals surface area contributed by atoms with E-state index in [0.717, 1.165) is 58.5 Å². The van der Waals surface area contributed by atoms with Gasteiger partial charge in [-0.15, -0.1) is 0 Å². The topological polar surface area (TPSA) is 103 Å². The molecular weight excluding hydrogens is 434 g/mol. The van der Waals surface area contributed by atoms with Crippen LogP contribution >= 0.6 is 0 Å². The minimum Gasteiger partial charge on any atom is -0.393 e. The van der Waals surface area contributed by atoms with Gasteiger partial charge in [0.15, 0.2) is 0 Å². The molecule has 2 aliphatic carbocycles. The van der Waals surface area contributed by atoms with Crippen LogP contribution in [-0.2, 0) is 14.3 Å². The van der Waals surface area contributed by atoms with Gasteiger partial charge in [-0.05, 0) is 56.9 Å². The lowest BCUT2D eigenvalue weighted by Crippen LogP contribution is -2.58. The molecule has 9 atom stereocenters. The predicted octanol–water partition coefficient (Wildman–Crippen LogP) is 1.04. The van der Waals surface area contributed by atoms with Crippen LogP contribution in [0.4, 0.5) is 0 Å². The van der Waals surface area contributed by atoms with Crippen LogP contribution in [-0.4, -0.2) is 96.9 Å². The lowest BCUT2D eigenvalue weighted by molar-refractivity contribution is -0.161. The van der Waals surface area contributed by atoms with Crippen molar-refractivity contribution in [3.8, 4) is 0 Å². The number of rotatable bonds is 6. The molecule has 3 aliphatic heterocycles. The second kappa shape index (κ2) is 11.5. The summed E-state index contributed by atoms with van der Waals surface area (Å²) >= 11 is 0. The molecule has 8 unspecified atom stereocenters. The molecule has 0 aromatic carbocycles. The van der Waals surface area contributed by atoms with E-state index >= 15 is 0 Å². The molecule has 3 heterocycles. The standard InChI is InChI=1S/C26H45N3O5/c30-20-12-23(31)25(24(13-20)34-16-18-5-1-2-9-27-18)26(32)29-10-7-17-4-3-6-22(21(17)14-29)28-19-8-11-33-15-19/h17-25,27-28,30-31H,1-16H2/t17?,18?,19-,20?,21?,22?,23?,24?,25?/m0/s1. The van der Waals surface area contributed by atoms with Gasteiger partial charge in [0.05, 0.1) is 37.4 Å². The Hall–Kier alpha value is -0.770. The molecule has 34 heavy (non-hydrogen) atoms. The molecule has 8 heteroatoms. The summed E-state index contributed by atoms with van der Waals surface area (Å²) < 4.78 is 11.8. The quantitative estimate of drug-likeness (QED) is 0.451. The van der Waals surface area contributed by atoms with Crippen molar-refractivity contribution in [2.24, 2.45) is 17.8 Å². The Morgan fingerprint density at radius 2 is 2.00 bits per heavy atom. The van der Waals surface area contributed by atoms with Crippen molar-refractivity contribution in [2.45, 2.75) is 101 Å². The molecular formula is C26H45N3O5. The number of aliphatic hydroxyl groups excluding tert-OH is 2. The zero-order valence-corrected chi connectivity index (χ0v) is 20.6. The van der Waals surface area contributed by atoms with E-state index in [2.05, 4.69) is 10.6 Å². The van der Waals surface area contributed by atoms with Gasteiger partial charge in [-0.25, -0.2) is 0 Å². The Balaban J connectivity index is 1.23. The van der Waals surface area contributed by atoms with Crippen molar-refractivity contribution in [3.63, 3.8) is 0 Å². The van der Waals surface area contributed by atoms with Gasteiger partial charge < -0.3 is 35.2 Å². The van der Waals surface area contributed by atoms with Gasteiger partial charge in [-0.3, -0.25) is 4.79 Å². The fourth-order valence-electron chi connectivity index (χ4n) is 7.23. The summed E-state index contributed by atoms with van der Waals surface area (Å²) in [5.74, 6) is 0.569. The number of hydrogen-bond acceptors (Lipinski definition) is 7. The number of carbonyl (C=O) groups is 1. The molecule has 0 aromatic heterocycles. The Morgan fingerprint density at radius 3 is 2.79 bits per heavy atom. The van der Waals surface area contributed by atoms with Gasteiger partial charge >= 0.3 is 0 Å². The Labute approximate surface area is 204 Å². The monoisotopic (exact) mass is 479 g/mol. The number of amides is 1. The zero-order valence-electron chi connectivity index (χ0n) is 20.6. The second-order valence-corrected chi connectivity index (χ2v) is 11.5. The molecule has 1 amide bonds. The molecule has 0 bridgehead atoms. The third-order valence-electron chi connectivity index (χ3n) is 9.15. The van der Waals surface area contributed by atoms with Gasteiger partial charge in [-0.1, -0.05) is 12.8 Å². The molecule has 5 fully saturated rings. The summed E-state index contributed by atoms with van der Waals surface area (Å²) in [6.45, 7) is 4.70. The summed E-state index contributed by atoms with van der Waals surface area (Å²) in [6.07, 6.45) is 8.03. The Bertz CT molecular complexity index is 669. The third kappa shape index (κ3) is 5.79. The predicted molar refractivity (Wildman–Crippen MR) is 128 cm³/mol. The van der Waals surface area contributed by atoms with Crippen LogP contribution in [0.15, 0.2) is 0 Å². The van der Waals surface area contributed by atoms with E-state index in [9.17, 15) is 15.0 Å². The van der Waals surface area contributed by atoms with Crippen molar-refractivity contribution in [1.82, 2.24) is 15.5 Å². The first-order valence-corrected chi connectivity index (χ1v) is 13.9. The van der Waals surface area contributed by atoms with Gasteiger partial charge in [0.1, 0.15) is 0 Å². The maximum atomic E-state index is 13.8. The van der Waals surface area contributed by atoms with E-state index in [4.69, 9.17) is 9.47 Å². The number of fused-ring (bicyclic) bond motifs is 1. The van der Waals surface area contributed by atoms with E-state index in [-0.39, 0.29) is 12.3 Å². The highest BCUT2D eigenvalue weighted by molar-refractivity contribution is 5.80. The van der Waals surface area contributed by atoms with Crippen LogP contribution < -0.4 is 10.6 Å². The largest absolute Gasteiger partial charge is 0.393 e. The summed E-state index contributed by atoms with van der Waals surface area (Å²) in [5.41, 5.74) is 0. The second-order valence-electron chi connectivity index (χ2n) is 11.5. The van der Waals surface area contributed by atoms with Crippen LogP contribution in [0.1, 0.15) is 64.2 Å². The molecule has 4 N–H and O–H groups in total. The van der Waals surface area contributed by atoms with Crippen LogP contribution in [0.5, 0.6) is 0 Å². The van der Waals surface area contributed by atoms with E-state index in [0.29, 0.717) is 43.0 Å². The highest BCUT2D eigenvalue weighted by atomic mass is 16.5. The maximum absolute atomic E-state index is 13.8. The van der Waals surface area contributed by atoms with Crippen molar-refractivity contribution >= 4 is 5.91 Å². The van der Waals surface area contributed by atoms with Crippen molar-refractivity contribution in [3.05, 3.63) is 0 Å². The molecule has 5 rings (SSSR count). The van der Waals surface area contributed by atoms with Crippen molar-refractivity contribution < 1.29 is 24.5 Å². The molecule has 0 radical (unpaired) electrons. The fraction of sp³-hybridized carbons (Fsp3) is 0.962. The first-order valence-electron chi connectivity index (χ1n) is 13.9. The van der Waals surface area contributed by atoms with E-state index in [1.165, 1.54) is 25.7 Å². The molecule has 2 saturated carbocycles. The SMILES string of the molecule is O=C(C1C(O)CC(O)CC1OCC1CCCCN1)N1CCC2CCCC(N[C@H]3CCOC3)C2C1. The lowest BCUT2D eigenvalue weighted by atomic mass is 9.71. The average Bonchev–Trinajstić information content (AvgIpc) is 3.36. The molecule has 0 spiro atoms. The summed E-state index contributed by atoms with van der Waals surface area (Å²) in [6, 6.07) is 1.16. The molecule has 3 saturated heterocycles. The minimum atomic E-state index is -0.853. The number of ether oxygens (including phenoxy) is 2. The van der Waals surface area contributed by atoms with Gasteiger partial charge in [-0.2, -0.15) is 0 Å².